The van der Waals surface area contributed by atoms with Gasteiger partial charge in [0.05, 0.1) is 26.4 Å². The second-order valence-corrected chi connectivity index (χ2v) is 14.8. The molecule has 0 heterocycles. The third-order valence-corrected chi connectivity index (χ3v) is 9.88. The van der Waals surface area contributed by atoms with Gasteiger partial charge in [-0.1, -0.05) is 115 Å². The van der Waals surface area contributed by atoms with E-state index in [0.717, 1.165) is 89.9 Å². The van der Waals surface area contributed by atoms with Crippen molar-refractivity contribution in [3.8, 4) is 46.7 Å². The molecule has 4 aromatic carbocycles. The molecule has 0 aliphatic rings. The second-order valence-electron chi connectivity index (χ2n) is 14.8. The Bertz CT molecular complexity index is 1920. The Morgan fingerprint density at radius 3 is 0.903 bits per heavy atom. The van der Waals surface area contributed by atoms with Crippen molar-refractivity contribution >= 4 is 0 Å². The molecule has 0 atom stereocenters. The van der Waals surface area contributed by atoms with Gasteiger partial charge in [-0.05, 0) is 74.2 Å². The van der Waals surface area contributed by atoms with Crippen LogP contribution in [0.5, 0.6) is 23.0 Å². The van der Waals surface area contributed by atoms with Crippen LogP contribution in [0.3, 0.4) is 0 Å². The van der Waals surface area contributed by atoms with Crippen LogP contribution in [0.2, 0.25) is 0 Å². The molecular formula is C50H54F8O4. The van der Waals surface area contributed by atoms with Gasteiger partial charge in [-0.2, -0.15) is 17.6 Å². The number of rotatable bonds is 25. The van der Waals surface area contributed by atoms with Gasteiger partial charge in [-0.15, -0.1) is 0 Å². The van der Waals surface area contributed by atoms with E-state index in [1.807, 2.05) is 13.8 Å². The summed E-state index contributed by atoms with van der Waals surface area (Å²) in [5.41, 5.74) is -1.24. The maximum Gasteiger partial charge on any atom is 0.205 e. The first-order valence-corrected chi connectivity index (χ1v) is 21.5. The molecule has 0 fully saturated rings. The number of hydrogen-bond acceptors (Lipinski definition) is 4. The summed E-state index contributed by atoms with van der Waals surface area (Å²) in [6.07, 6.45) is 14.3. The molecule has 0 spiro atoms. The van der Waals surface area contributed by atoms with E-state index in [0.29, 0.717) is 48.7 Å². The molecule has 0 amide bonds. The van der Waals surface area contributed by atoms with Crippen LogP contribution in [-0.4, -0.2) is 26.4 Å². The van der Waals surface area contributed by atoms with E-state index < -0.39 is 69.2 Å². The highest BCUT2D eigenvalue weighted by Gasteiger charge is 2.27. The molecular weight excluding hydrogens is 817 g/mol. The number of unbranched alkanes of at least 4 members (excludes halogenated alkanes) is 13. The predicted molar refractivity (Wildman–Crippen MR) is 225 cm³/mol. The lowest BCUT2D eigenvalue weighted by Crippen LogP contribution is -2.08. The van der Waals surface area contributed by atoms with Crippen molar-refractivity contribution in [3.05, 3.63) is 117 Å². The minimum absolute atomic E-state index is 0.0568. The fraction of sp³-hybridized carbons (Fsp3) is 0.440. The van der Waals surface area contributed by atoms with Crippen molar-refractivity contribution in [2.24, 2.45) is 0 Å². The zero-order valence-electron chi connectivity index (χ0n) is 35.4. The second kappa shape index (κ2) is 26.9. The molecule has 0 aliphatic heterocycles. The molecule has 4 aromatic rings. The Morgan fingerprint density at radius 2 is 0.597 bits per heavy atom. The van der Waals surface area contributed by atoms with Crippen molar-refractivity contribution in [2.45, 2.75) is 117 Å². The van der Waals surface area contributed by atoms with Crippen molar-refractivity contribution in [3.63, 3.8) is 0 Å². The third-order valence-electron chi connectivity index (χ3n) is 9.88. The minimum atomic E-state index is -1.61. The molecule has 0 N–H and O–H groups in total. The number of hydrogen-bond donors (Lipinski definition) is 0. The van der Waals surface area contributed by atoms with Crippen molar-refractivity contribution in [1.29, 1.82) is 0 Å². The van der Waals surface area contributed by atoms with Gasteiger partial charge in [0.15, 0.2) is 34.8 Å². The van der Waals surface area contributed by atoms with Gasteiger partial charge in [-0.25, -0.2) is 17.6 Å². The molecule has 334 valence electrons. The fourth-order valence-electron chi connectivity index (χ4n) is 6.29. The van der Waals surface area contributed by atoms with Crippen molar-refractivity contribution in [2.75, 3.05) is 26.4 Å². The molecule has 0 radical (unpaired) electrons. The van der Waals surface area contributed by atoms with E-state index in [-0.39, 0.29) is 13.2 Å². The van der Waals surface area contributed by atoms with Crippen LogP contribution in [0.25, 0.3) is 0 Å². The normalized spacial score (nSPS) is 10.8. The summed E-state index contributed by atoms with van der Waals surface area (Å²) in [5.74, 6) is -4.27. The molecule has 0 saturated carbocycles. The summed E-state index contributed by atoms with van der Waals surface area (Å²) < 4.78 is 138. The van der Waals surface area contributed by atoms with E-state index in [1.165, 1.54) is 0 Å². The average Bonchev–Trinajstić information content (AvgIpc) is 3.28. The molecule has 0 unspecified atom stereocenters. The maximum absolute atomic E-state index is 14.6. The largest absolute Gasteiger partial charge is 0.494 e. The lowest BCUT2D eigenvalue weighted by atomic mass is 10.1. The summed E-state index contributed by atoms with van der Waals surface area (Å²) in [7, 11) is 0. The standard InChI is InChI=1S/C50H54F8O4/c1-3-5-7-15-33-61-49-45(55)41(51)39(42(52)46(49)56)29-23-35-19-25-37(26-20-35)59-31-17-13-11-9-10-12-14-18-32-60-38-27-21-36(22-28-38)24-30-40-43(53)47(57)50(48(58)44(40)54)62-34-16-8-6-4-2/h19-22,25-28H,3-18,31-34H2,1-2H3. The lowest BCUT2D eigenvalue weighted by Gasteiger charge is -2.11. The highest BCUT2D eigenvalue weighted by atomic mass is 19.2. The highest BCUT2D eigenvalue weighted by molar-refractivity contribution is 5.49. The van der Waals surface area contributed by atoms with Crippen LogP contribution in [0.4, 0.5) is 35.1 Å². The molecule has 4 nitrogen and oxygen atoms in total. The molecule has 0 aromatic heterocycles. The maximum atomic E-state index is 14.6. The quantitative estimate of drug-likeness (QED) is 0.0288. The Hall–Kier alpha value is -5.36. The van der Waals surface area contributed by atoms with Crippen LogP contribution in [-0.2, 0) is 0 Å². The summed E-state index contributed by atoms with van der Waals surface area (Å²) >= 11 is 0. The zero-order chi connectivity index (χ0) is 44.7. The van der Waals surface area contributed by atoms with E-state index in [2.05, 4.69) is 23.7 Å². The predicted octanol–water partition coefficient (Wildman–Crippen LogP) is 14.1. The molecule has 0 saturated heterocycles. The van der Waals surface area contributed by atoms with Crippen molar-refractivity contribution < 1.29 is 54.1 Å². The Balaban J connectivity index is 1.07. The first-order chi connectivity index (χ1) is 30.1. The van der Waals surface area contributed by atoms with Gasteiger partial charge in [-0.3, -0.25) is 0 Å². The topological polar surface area (TPSA) is 36.9 Å². The Labute approximate surface area is 360 Å². The summed E-state index contributed by atoms with van der Waals surface area (Å²) in [6, 6.07) is 13.0. The van der Waals surface area contributed by atoms with Gasteiger partial charge in [0.25, 0.3) is 0 Å². The zero-order valence-corrected chi connectivity index (χ0v) is 35.4. The van der Waals surface area contributed by atoms with Gasteiger partial charge >= 0.3 is 0 Å². The first kappa shape index (κ1) is 49.3. The first-order valence-electron chi connectivity index (χ1n) is 21.5. The SMILES string of the molecule is CCCCCCOc1c(F)c(F)c(C#Cc2ccc(OCCCCCCCCCCOc3ccc(C#Cc4c(F)c(F)c(OCCCCCC)c(F)c4F)cc3)cc2)c(F)c1F. The highest BCUT2D eigenvalue weighted by Crippen LogP contribution is 2.31. The summed E-state index contributed by atoms with van der Waals surface area (Å²) in [4.78, 5) is 0. The van der Waals surface area contributed by atoms with Gasteiger partial charge < -0.3 is 18.9 Å². The van der Waals surface area contributed by atoms with Gasteiger partial charge in [0.1, 0.15) is 22.6 Å². The molecule has 62 heavy (non-hydrogen) atoms. The molecule has 4 rings (SSSR count). The third kappa shape index (κ3) is 15.2. The van der Waals surface area contributed by atoms with Crippen molar-refractivity contribution in [1.82, 2.24) is 0 Å². The van der Waals surface area contributed by atoms with E-state index in [4.69, 9.17) is 18.9 Å². The van der Waals surface area contributed by atoms with Crippen LogP contribution in [0, 0.1) is 70.2 Å². The smallest absolute Gasteiger partial charge is 0.205 e. The summed E-state index contributed by atoms with van der Waals surface area (Å²) in [5, 5.41) is 0. The molecule has 0 aliphatic carbocycles. The monoisotopic (exact) mass is 870 g/mol. The molecule has 0 bridgehead atoms. The fourth-order valence-corrected chi connectivity index (χ4v) is 6.29. The summed E-state index contributed by atoms with van der Waals surface area (Å²) in [6.45, 7) is 4.92. The Morgan fingerprint density at radius 1 is 0.323 bits per heavy atom. The lowest BCUT2D eigenvalue weighted by molar-refractivity contribution is 0.263. The van der Waals surface area contributed by atoms with Crippen LogP contribution < -0.4 is 18.9 Å². The van der Waals surface area contributed by atoms with Crippen LogP contribution in [0.15, 0.2) is 48.5 Å². The number of halogens is 8. The number of benzene rings is 4. The number of ether oxygens (including phenoxy) is 4. The minimum Gasteiger partial charge on any atom is -0.494 e. The van der Waals surface area contributed by atoms with E-state index in [1.54, 1.807) is 48.5 Å². The average molecular weight is 871 g/mol. The van der Waals surface area contributed by atoms with Gasteiger partial charge in [0.2, 0.25) is 23.3 Å². The van der Waals surface area contributed by atoms with E-state index in [9.17, 15) is 35.1 Å². The van der Waals surface area contributed by atoms with E-state index >= 15 is 0 Å². The van der Waals surface area contributed by atoms with Gasteiger partial charge in [0, 0.05) is 11.1 Å². The van der Waals surface area contributed by atoms with Crippen LogP contribution >= 0.6 is 0 Å². The molecule has 12 heteroatoms. The van der Waals surface area contributed by atoms with Crippen LogP contribution in [0.1, 0.15) is 139 Å². The Kier molecular flexibility index (Phi) is 21.4.